The molecule has 0 amide bonds. The number of nitrogens with zero attached hydrogens (tertiary/aromatic N) is 5. The van der Waals surface area contributed by atoms with Gasteiger partial charge >= 0.3 is 0 Å². The van der Waals surface area contributed by atoms with Crippen LogP contribution in [0.3, 0.4) is 0 Å². The molecule has 1 N–H and O–H groups in total. The van der Waals surface area contributed by atoms with Gasteiger partial charge in [0.25, 0.3) is 5.56 Å². The van der Waals surface area contributed by atoms with E-state index in [0.717, 1.165) is 58.3 Å². The van der Waals surface area contributed by atoms with Crippen LogP contribution in [0.15, 0.2) is 90.0 Å². The smallest absolute Gasteiger partial charge is 0.257 e. The second-order valence-corrected chi connectivity index (χ2v) is 8.85. The number of rotatable bonds is 9. The quantitative estimate of drug-likeness (QED) is 0.321. The lowest BCUT2D eigenvalue weighted by Crippen LogP contribution is -2.27. The number of aryl methyl sites for hydroxylation is 1. The van der Waals surface area contributed by atoms with Gasteiger partial charge in [0.15, 0.2) is 0 Å². The minimum Gasteiger partial charge on any atom is -0.295 e. The van der Waals surface area contributed by atoms with Crippen LogP contribution in [0, 0.1) is 0 Å². The summed E-state index contributed by atoms with van der Waals surface area (Å²) < 4.78 is 1.72. The van der Waals surface area contributed by atoms with Gasteiger partial charge < -0.3 is 0 Å². The van der Waals surface area contributed by atoms with E-state index in [9.17, 15) is 4.79 Å². The Morgan fingerprint density at radius 3 is 2.33 bits per heavy atom. The van der Waals surface area contributed by atoms with Crippen molar-refractivity contribution in [2.45, 2.75) is 39.2 Å². The summed E-state index contributed by atoms with van der Waals surface area (Å²) in [5, 5.41) is 14.5. The Labute approximate surface area is 209 Å². The van der Waals surface area contributed by atoms with Crippen molar-refractivity contribution in [3.05, 3.63) is 118 Å². The fourth-order valence-electron chi connectivity index (χ4n) is 4.41. The molecule has 0 unspecified atom stereocenters. The predicted molar refractivity (Wildman–Crippen MR) is 141 cm³/mol. The van der Waals surface area contributed by atoms with Crippen LogP contribution in [0.2, 0.25) is 0 Å². The second kappa shape index (κ2) is 10.9. The Bertz CT molecular complexity index is 1480. The zero-order valence-electron chi connectivity index (χ0n) is 20.3. The number of tetrazole rings is 1. The highest BCUT2D eigenvalue weighted by Crippen LogP contribution is 2.30. The molecule has 2 heterocycles. The highest BCUT2D eigenvalue weighted by atomic mass is 16.1. The molecule has 2 aromatic heterocycles. The van der Waals surface area contributed by atoms with Crippen LogP contribution in [0.4, 0.5) is 0 Å². The molecule has 0 radical (unpaired) electrons. The summed E-state index contributed by atoms with van der Waals surface area (Å²) in [6, 6.07) is 26.3. The van der Waals surface area contributed by atoms with Crippen molar-refractivity contribution in [2.75, 3.05) is 0 Å². The number of hydrogen-bond acceptors (Lipinski definition) is 5. The summed E-state index contributed by atoms with van der Waals surface area (Å²) in [4.78, 5) is 18.2. The van der Waals surface area contributed by atoms with E-state index >= 15 is 0 Å². The van der Waals surface area contributed by atoms with Gasteiger partial charge in [0.1, 0.15) is 0 Å². The first-order chi connectivity index (χ1) is 17.7. The van der Waals surface area contributed by atoms with Crippen molar-refractivity contribution in [3.8, 4) is 22.5 Å². The number of H-pyrrole nitrogens is 1. The number of aromatic amines is 1. The molecule has 0 aliphatic heterocycles. The molecular weight excluding hydrogens is 448 g/mol. The molecule has 3 aromatic carbocycles. The summed E-state index contributed by atoms with van der Waals surface area (Å²) in [5.74, 6) is 0.560. The van der Waals surface area contributed by atoms with Crippen LogP contribution in [-0.4, -0.2) is 30.2 Å². The number of benzene rings is 3. The highest BCUT2D eigenvalue weighted by Gasteiger charge is 2.14. The normalized spacial score (nSPS) is 11.0. The molecule has 0 saturated heterocycles. The number of aromatic nitrogens is 6. The van der Waals surface area contributed by atoms with Gasteiger partial charge in [-0.15, -0.1) is 10.2 Å². The lowest BCUT2D eigenvalue weighted by Gasteiger charge is -2.13. The van der Waals surface area contributed by atoms with Gasteiger partial charge in [-0.3, -0.25) is 9.36 Å². The summed E-state index contributed by atoms with van der Waals surface area (Å²) in [7, 11) is 0. The third kappa shape index (κ3) is 5.15. The fourth-order valence-corrected chi connectivity index (χ4v) is 4.41. The Balaban J connectivity index is 1.45. The summed E-state index contributed by atoms with van der Waals surface area (Å²) in [6.07, 6.45) is 5.12. The van der Waals surface area contributed by atoms with Gasteiger partial charge in [0, 0.05) is 17.5 Å². The minimum absolute atomic E-state index is 0.0338. The summed E-state index contributed by atoms with van der Waals surface area (Å²) >= 11 is 0. The van der Waals surface area contributed by atoms with E-state index < -0.39 is 0 Å². The standard InChI is InChI=1S/C29H28N6O/c1-2-3-13-27-26(29(36)35(20-30-27)19-22-9-5-4-6-10-22)18-21-14-16-23(17-15-21)24-11-7-8-12-25(24)28-31-33-34-32-28/h4-12,14-17,20H,2-3,13,18-19H2,1H3,(H,31,32,33,34). The first kappa shape index (κ1) is 23.4. The Kier molecular flexibility index (Phi) is 7.07. The molecule has 0 saturated carbocycles. The van der Waals surface area contributed by atoms with Crippen molar-refractivity contribution < 1.29 is 0 Å². The van der Waals surface area contributed by atoms with Gasteiger partial charge in [0.05, 0.1) is 18.6 Å². The van der Waals surface area contributed by atoms with Gasteiger partial charge in [0.2, 0.25) is 5.82 Å². The predicted octanol–water partition coefficient (Wildman–Crippen LogP) is 5.07. The van der Waals surface area contributed by atoms with Crippen molar-refractivity contribution in [2.24, 2.45) is 0 Å². The third-order valence-corrected chi connectivity index (χ3v) is 6.34. The second-order valence-electron chi connectivity index (χ2n) is 8.85. The molecule has 0 fully saturated rings. The van der Waals surface area contributed by atoms with Crippen molar-refractivity contribution in [3.63, 3.8) is 0 Å². The molecule has 5 aromatic rings. The molecule has 0 atom stereocenters. The van der Waals surface area contributed by atoms with Gasteiger partial charge in [-0.2, -0.15) is 5.21 Å². The van der Waals surface area contributed by atoms with E-state index in [0.29, 0.717) is 18.8 Å². The van der Waals surface area contributed by atoms with Crippen molar-refractivity contribution >= 4 is 0 Å². The molecule has 0 bridgehead atoms. The first-order valence-electron chi connectivity index (χ1n) is 12.3. The lowest BCUT2D eigenvalue weighted by molar-refractivity contribution is 0.690. The molecule has 0 spiro atoms. The van der Waals surface area contributed by atoms with E-state index in [1.54, 1.807) is 10.9 Å². The zero-order chi connectivity index (χ0) is 24.7. The maximum atomic E-state index is 13.5. The van der Waals surface area contributed by atoms with Crippen LogP contribution in [0.5, 0.6) is 0 Å². The van der Waals surface area contributed by atoms with Gasteiger partial charge in [-0.25, -0.2) is 4.98 Å². The first-order valence-corrected chi connectivity index (χ1v) is 12.3. The average Bonchev–Trinajstić information content (AvgIpc) is 3.46. The molecule has 5 rings (SSSR count). The van der Waals surface area contributed by atoms with Gasteiger partial charge in [-0.05, 0) is 40.3 Å². The average molecular weight is 477 g/mol. The number of nitrogens with one attached hydrogen (secondary N) is 1. The molecule has 0 aliphatic carbocycles. The van der Waals surface area contributed by atoms with Crippen molar-refractivity contribution in [1.29, 1.82) is 0 Å². The maximum Gasteiger partial charge on any atom is 0.257 e. The molecule has 0 aliphatic rings. The monoisotopic (exact) mass is 476 g/mol. The van der Waals surface area contributed by atoms with E-state index in [2.05, 4.69) is 51.8 Å². The summed E-state index contributed by atoms with van der Waals surface area (Å²) in [5.41, 5.74) is 6.87. The molecule has 7 nitrogen and oxygen atoms in total. The lowest BCUT2D eigenvalue weighted by atomic mass is 9.96. The van der Waals surface area contributed by atoms with Crippen LogP contribution >= 0.6 is 0 Å². The Morgan fingerprint density at radius 1 is 0.861 bits per heavy atom. The molecule has 180 valence electrons. The van der Waals surface area contributed by atoms with E-state index in [-0.39, 0.29) is 5.56 Å². The Hall–Kier alpha value is -4.39. The summed E-state index contributed by atoms with van der Waals surface area (Å²) in [6.45, 7) is 2.67. The molecule has 36 heavy (non-hydrogen) atoms. The maximum absolute atomic E-state index is 13.5. The number of unbranched alkanes of at least 4 members (excludes halogenated alkanes) is 1. The zero-order valence-corrected chi connectivity index (χ0v) is 20.3. The van der Waals surface area contributed by atoms with Crippen LogP contribution in [0.1, 0.15) is 42.1 Å². The SMILES string of the molecule is CCCCc1ncn(Cc2ccccc2)c(=O)c1Cc1ccc(-c2ccccc2-c2nn[nH]n2)cc1. The minimum atomic E-state index is 0.0338. The largest absolute Gasteiger partial charge is 0.295 e. The van der Waals surface area contributed by atoms with E-state index in [1.165, 1.54) is 0 Å². The van der Waals surface area contributed by atoms with Crippen LogP contribution < -0.4 is 5.56 Å². The van der Waals surface area contributed by atoms with Crippen LogP contribution in [0.25, 0.3) is 22.5 Å². The van der Waals surface area contributed by atoms with Crippen LogP contribution in [-0.2, 0) is 19.4 Å². The molecular formula is C29H28N6O. The third-order valence-electron chi connectivity index (χ3n) is 6.34. The Morgan fingerprint density at radius 2 is 1.61 bits per heavy atom. The number of hydrogen-bond donors (Lipinski definition) is 1. The van der Waals surface area contributed by atoms with E-state index in [4.69, 9.17) is 4.98 Å². The van der Waals surface area contributed by atoms with Gasteiger partial charge in [-0.1, -0.05) is 92.2 Å². The van der Waals surface area contributed by atoms with E-state index in [1.807, 2.05) is 54.6 Å². The topological polar surface area (TPSA) is 89.4 Å². The fraction of sp³-hybridized carbons (Fsp3) is 0.207. The highest BCUT2D eigenvalue weighted by molar-refractivity contribution is 5.80. The molecule has 7 heteroatoms. The van der Waals surface area contributed by atoms with Crippen molar-refractivity contribution in [1.82, 2.24) is 30.2 Å².